The number of aromatic nitrogens is 2. The van der Waals surface area contributed by atoms with E-state index in [9.17, 15) is 9.18 Å². The smallest absolute Gasteiger partial charge is 0.321 e. The Morgan fingerprint density at radius 1 is 0.941 bits per heavy atom. The van der Waals surface area contributed by atoms with Crippen molar-refractivity contribution in [2.75, 3.05) is 49.6 Å². The minimum atomic E-state index is -0.310. The number of amides is 2. The standard InChI is InChI=1S/C25H24FN5O3/c26-17-4-6-20-19(15-17)28-24(21-3-1-10-31(20)21)29-8-2-9-30(12-11-29)25(32)27-18-5-7-22-23(16-18)34-14-13-33-22/h1,3-7,10,15-16H,2,8-9,11-14H2,(H,27,32). The van der Waals surface area contributed by atoms with Gasteiger partial charge in [-0.25, -0.2) is 14.2 Å². The average Bonchev–Trinajstić information content (AvgIpc) is 3.21. The van der Waals surface area contributed by atoms with E-state index in [2.05, 4.69) is 10.2 Å². The van der Waals surface area contributed by atoms with E-state index in [0.717, 1.165) is 29.8 Å². The number of anilines is 2. The van der Waals surface area contributed by atoms with Crippen molar-refractivity contribution < 1.29 is 18.7 Å². The summed E-state index contributed by atoms with van der Waals surface area (Å²) in [5.41, 5.74) is 3.10. The van der Waals surface area contributed by atoms with Crippen molar-refractivity contribution in [2.24, 2.45) is 0 Å². The number of hydrogen-bond donors (Lipinski definition) is 1. The predicted molar refractivity (Wildman–Crippen MR) is 128 cm³/mol. The summed E-state index contributed by atoms with van der Waals surface area (Å²) in [5.74, 6) is 1.82. The fraction of sp³-hybridized carbons (Fsp3) is 0.280. The zero-order chi connectivity index (χ0) is 23.1. The van der Waals surface area contributed by atoms with Crippen LogP contribution < -0.4 is 19.7 Å². The Hall–Kier alpha value is -4.01. The number of carbonyl (C=O) groups is 1. The van der Waals surface area contributed by atoms with Gasteiger partial charge in [0.1, 0.15) is 19.0 Å². The SMILES string of the molecule is O=C(Nc1ccc2c(c1)OCCO2)N1CCCN(c2nc3cc(F)ccc3n3cccc23)CC1. The van der Waals surface area contributed by atoms with Crippen LogP contribution in [0.3, 0.4) is 0 Å². The van der Waals surface area contributed by atoms with E-state index >= 15 is 0 Å². The fourth-order valence-corrected chi connectivity index (χ4v) is 4.62. The Morgan fingerprint density at radius 3 is 2.74 bits per heavy atom. The second kappa shape index (κ2) is 8.40. The average molecular weight is 461 g/mol. The van der Waals surface area contributed by atoms with Crippen LogP contribution in [0.5, 0.6) is 11.5 Å². The molecule has 4 heterocycles. The van der Waals surface area contributed by atoms with Gasteiger partial charge in [-0.2, -0.15) is 0 Å². The summed E-state index contributed by atoms with van der Waals surface area (Å²) in [6, 6.07) is 13.9. The Kier molecular flexibility index (Phi) is 5.09. The van der Waals surface area contributed by atoms with Gasteiger partial charge in [-0.05, 0) is 42.8 Å². The van der Waals surface area contributed by atoms with Crippen LogP contribution in [-0.4, -0.2) is 59.7 Å². The highest BCUT2D eigenvalue weighted by Crippen LogP contribution is 2.33. The third-order valence-electron chi connectivity index (χ3n) is 6.28. The van der Waals surface area contributed by atoms with Gasteiger partial charge in [0.25, 0.3) is 0 Å². The molecule has 9 heteroatoms. The van der Waals surface area contributed by atoms with Crippen LogP contribution in [-0.2, 0) is 0 Å². The van der Waals surface area contributed by atoms with Gasteiger partial charge in [0, 0.05) is 50.2 Å². The van der Waals surface area contributed by atoms with Crippen LogP contribution in [0.2, 0.25) is 0 Å². The highest BCUT2D eigenvalue weighted by molar-refractivity contribution is 5.90. The molecule has 2 aliphatic heterocycles. The highest BCUT2D eigenvalue weighted by atomic mass is 19.1. The molecule has 4 aromatic rings. The molecule has 2 amide bonds. The lowest BCUT2D eigenvalue weighted by Crippen LogP contribution is -2.38. The van der Waals surface area contributed by atoms with Crippen molar-refractivity contribution in [1.82, 2.24) is 14.3 Å². The molecule has 1 fully saturated rings. The van der Waals surface area contributed by atoms with Crippen LogP contribution >= 0.6 is 0 Å². The summed E-state index contributed by atoms with van der Waals surface area (Å²) >= 11 is 0. The van der Waals surface area contributed by atoms with Gasteiger partial charge >= 0.3 is 6.03 Å². The van der Waals surface area contributed by atoms with Crippen molar-refractivity contribution >= 4 is 34.1 Å². The molecule has 34 heavy (non-hydrogen) atoms. The first-order valence-corrected chi connectivity index (χ1v) is 11.4. The summed E-state index contributed by atoms with van der Waals surface area (Å²) in [6.07, 6.45) is 2.76. The van der Waals surface area contributed by atoms with Crippen molar-refractivity contribution in [1.29, 1.82) is 0 Å². The molecular formula is C25H24FN5O3. The molecule has 0 saturated carbocycles. The number of nitrogens with one attached hydrogen (secondary N) is 1. The number of urea groups is 1. The molecule has 0 unspecified atom stereocenters. The van der Waals surface area contributed by atoms with Crippen LogP contribution in [0.4, 0.5) is 20.7 Å². The minimum absolute atomic E-state index is 0.153. The summed E-state index contributed by atoms with van der Waals surface area (Å²) in [7, 11) is 0. The summed E-state index contributed by atoms with van der Waals surface area (Å²) in [6.45, 7) is 3.58. The molecule has 1 saturated heterocycles. The van der Waals surface area contributed by atoms with Crippen LogP contribution in [0.1, 0.15) is 6.42 Å². The van der Waals surface area contributed by atoms with Gasteiger partial charge in [0.15, 0.2) is 17.3 Å². The first-order chi connectivity index (χ1) is 16.7. The predicted octanol–water partition coefficient (Wildman–Crippen LogP) is 4.14. The first-order valence-electron chi connectivity index (χ1n) is 11.4. The number of benzene rings is 2. The number of carbonyl (C=O) groups excluding carboxylic acids is 1. The second-order valence-electron chi connectivity index (χ2n) is 8.45. The molecule has 174 valence electrons. The van der Waals surface area contributed by atoms with Gasteiger partial charge in [0.2, 0.25) is 0 Å². The van der Waals surface area contributed by atoms with Crippen molar-refractivity contribution in [2.45, 2.75) is 6.42 Å². The molecule has 1 N–H and O–H groups in total. The van der Waals surface area contributed by atoms with E-state index < -0.39 is 0 Å². The van der Waals surface area contributed by atoms with E-state index in [1.807, 2.05) is 39.8 Å². The molecule has 6 rings (SSSR count). The third kappa shape index (κ3) is 3.72. The number of nitrogens with zero attached hydrogens (tertiary/aromatic N) is 4. The maximum Gasteiger partial charge on any atom is 0.321 e. The number of halogens is 1. The molecule has 2 aromatic carbocycles. The van der Waals surface area contributed by atoms with Crippen LogP contribution in [0, 0.1) is 5.82 Å². The van der Waals surface area contributed by atoms with E-state index in [1.54, 1.807) is 12.1 Å². The molecule has 2 aliphatic rings. The molecule has 2 aromatic heterocycles. The lowest BCUT2D eigenvalue weighted by molar-refractivity contribution is 0.171. The van der Waals surface area contributed by atoms with Crippen molar-refractivity contribution in [3.05, 3.63) is 60.5 Å². The zero-order valence-corrected chi connectivity index (χ0v) is 18.5. The largest absolute Gasteiger partial charge is 0.486 e. The van der Waals surface area contributed by atoms with E-state index in [0.29, 0.717) is 55.6 Å². The van der Waals surface area contributed by atoms with Gasteiger partial charge < -0.3 is 29.0 Å². The quantitative estimate of drug-likeness (QED) is 0.486. The maximum atomic E-state index is 13.9. The fourth-order valence-electron chi connectivity index (χ4n) is 4.62. The Balaban J connectivity index is 1.20. The lowest BCUT2D eigenvalue weighted by Gasteiger charge is -2.24. The molecule has 0 aliphatic carbocycles. The lowest BCUT2D eigenvalue weighted by atomic mass is 10.2. The number of rotatable bonds is 2. The topological polar surface area (TPSA) is 71.3 Å². The first kappa shape index (κ1) is 20.6. The Bertz CT molecular complexity index is 1390. The van der Waals surface area contributed by atoms with E-state index in [-0.39, 0.29) is 11.8 Å². The molecule has 8 nitrogen and oxygen atoms in total. The van der Waals surface area contributed by atoms with Gasteiger partial charge in [-0.1, -0.05) is 0 Å². The Labute approximate surface area is 195 Å². The normalized spacial score (nSPS) is 16.0. The molecule has 0 bridgehead atoms. The zero-order valence-electron chi connectivity index (χ0n) is 18.5. The van der Waals surface area contributed by atoms with Gasteiger partial charge in [0.05, 0.1) is 16.6 Å². The number of hydrogen-bond acceptors (Lipinski definition) is 5. The van der Waals surface area contributed by atoms with Crippen LogP contribution in [0.25, 0.3) is 16.6 Å². The van der Waals surface area contributed by atoms with E-state index in [1.165, 1.54) is 12.1 Å². The van der Waals surface area contributed by atoms with Crippen molar-refractivity contribution in [3.8, 4) is 11.5 Å². The second-order valence-corrected chi connectivity index (χ2v) is 8.45. The van der Waals surface area contributed by atoms with Gasteiger partial charge in [-0.3, -0.25) is 0 Å². The van der Waals surface area contributed by atoms with Crippen LogP contribution in [0.15, 0.2) is 54.7 Å². The maximum absolute atomic E-state index is 13.9. The summed E-state index contributed by atoms with van der Waals surface area (Å²) in [4.78, 5) is 21.8. The summed E-state index contributed by atoms with van der Waals surface area (Å²) in [5, 5.41) is 2.97. The molecule has 0 spiro atoms. The molecule has 0 radical (unpaired) electrons. The monoisotopic (exact) mass is 461 g/mol. The highest BCUT2D eigenvalue weighted by Gasteiger charge is 2.23. The van der Waals surface area contributed by atoms with Crippen molar-refractivity contribution in [3.63, 3.8) is 0 Å². The Morgan fingerprint density at radius 2 is 1.82 bits per heavy atom. The number of ether oxygens (including phenoxy) is 2. The third-order valence-corrected chi connectivity index (χ3v) is 6.28. The number of fused-ring (bicyclic) bond motifs is 4. The molecule has 0 atom stereocenters. The minimum Gasteiger partial charge on any atom is -0.486 e. The summed E-state index contributed by atoms with van der Waals surface area (Å²) < 4.78 is 27.1. The molecular weight excluding hydrogens is 437 g/mol. The van der Waals surface area contributed by atoms with Gasteiger partial charge in [-0.15, -0.1) is 0 Å². The van der Waals surface area contributed by atoms with E-state index in [4.69, 9.17) is 14.5 Å².